The predicted molar refractivity (Wildman–Crippen MR) is 103 cm³/mol. The second-order valence-corrected chi connectivity index (χ2v) is 7.63. The van der Waals surface area contributed by atoms with Crippen LogP contribution in [0.1, 0.15) is 45.6 Å². The Morgan fingerprint density at radius 1 is 1.28 bits per heavy atom. The first-order valence-electron chi connectivity index (χ1n) is 9.72. The number of nitrogens with zero attached hydrogens (tertiary/aromatic N) is 1. The number of piperidine rings is 1. The Labute approximate surface area is 152 Å². The number of hydrogen-bond donors (Lipinski definition) is 1. The van der Waals surface area contributed by atoms with Crippen LogP contribution < -0.4 is 10.1 Å². The van der Waals surface area contributed by atoms with Crippen LogP contribution in [0.2, 0.25) is 0 Å². The average Bonchev–Trinajstić information content (AvgIpc) is 2.57. The fraction of sp³-hybridized carbons (Fsp3) is 0.667. The summed E-state index contributed by atoms with van der Waals surface area (Å²) in [7, 11) is 0. The fourth-order valence-corrected chi connectivity index (χ4v) is 3.77. The lowest BCUT2D eigenvalue weighted by molar-refractivity contribution is -0.128. The molecular formula is C21H34N2O2. The number of hydrogen-bond acceptors (Lipinski definition) is 3. The number of benzene rings is 1. The molecule has 4 nitrogen and oxygen atoms in total. The first kappa shape index (κ1) is 19.8. The summed E-state index contributed by atoms with van der Waals surface area (Å²) in [5.74, 6) is 2.35. The molecule has 1 N–H and O–H groups in total. The molecule has 0 aromatic heterocycles. The summed E-state index contributed by atoms with van der Waals surface area (Å²) >= 11 is 0. The van der Waals surface area contributed by atoms with E-state index in [2.05, 4.69) is 24.1 Å². The topological polar surface area (TPSA) is 41.6 Å². The summed E-state index contributed by atoms with van der Waals surface area (Å²) in [5, 5.41) is 3.04. The molecule has 0 bridgehead atoms. The van der Waals surface area contributed by atoms with Crippen LogP contribution in [0.5, 0.6) is 5.75 Å². The summed E-state index contributed by atoms with van der Waals surface area (Å²) in [5.41, 5.74) is 1.06. The monoisotopic (exact) mass is 346 g/mol. The molecule has 0 saturated carbocycles. The van der Waals surface area contributed by atoms with Gasteiger partial charge < -0.3 is 15.0 Å². The Morgan fingerprint density at radius 2 is 1.96 bits per heavy atom. The highest BCUT2D eigenvalue weighted by atomic mass is 16.5. The molecule has 1 aromatic rings. The van der Waals surface area contributed by atoms with Crippen LogP contribution in [0.15, 0.2) is 24.3 Å². The molecule has 0 radical (unpaired) electrons. The van der Waals surface area contributed by atoms with Crippen molar-refractivity contribution < 1.29 is 9.53 Å². The lowest BCUT2D eigenvalue weighted by Crippen LogP contribution is -2.42. The summed E-state index contributed by atoms with van der Waals surface area (Å²) in [6, 6.07) is 7.84. The second kappa shape index (κ2) is 9.81. The molecule has 1 heterocycles. The van der Waals surface area contributed by atoms with Gasteiger partial charge in [-0.15, -0.1) is 0 Å². The highest BCUT2D eigenvalue weighted by Gasteiger charge is 2.22. The van der Waals surface area contributed by atoms with E-state index >= 15 is 0 Å². The maximum atomic E-state index is 12.4. The number of carbonyl (C=O) groups is 1. The Hall–Kier alpha value is -1.55. The minimum absolute atomic E-state index is 0.00821. The van der Waals surface area contributed by atoms with Crippen molar-refractivity contribution in [3.63, 3.8) is 0 Å². The van der Waals surface area contributed by atoms with E-state index in [1.54, 1.807) is 0 Å². The molecule has 1 aromatic carbocycles. The van der Waals surface area contributed by atoms with Crippen molar-refractivity contribution in [3.8, 4) is 5.75 Å². The molecule has 140 valence electrons. The summed E-state index contributed by atoms with van der Waals surface area (Å²) < 4.78 is 5.91. The molecule has 0 aliphatic carbocycles. The standard InChI is InChI=1S/C21H34N2O2/c1-5-19(25-20-10-7-6-9-18(20)4)21(24)22-11-8-12-23-14-16(2)13-17(3)15-23/h6-7,9-10,16-17,19H,5,8,11-15H2,1-4H3,(H,22,24)/t16-,17-,19+/m1/s1. The SMILES string of the molecule is CC[C@H](Oc1ccccc1C)C(=O)NCCCN1C[C@H](C)C[C@@H](C)C1. The number of likely N-dealkylation sites (tertiary alicyclic amines) is 1. The lowest BCUT2D eigenvalue weighted by atomic mass is 9.92. The van der Waals surface area contributed by atoms with Gasteiger partial charge in [-0.3, -0.25) is 4.79 Å². The van der Waals surface area contributed by atoms with Crippen molar-refractivity contribution in [2.45, 2.75) is 53.1 Å². The van der Waals surface area contributed by atoms with E-state index in [4.69, 9.17) is 4.74 Å². The molecule has 0 spiro atoms. The quantitative estimate of drug-likeness (QED) is 0.731. The lowest BCUT2D eigenvalue weighted by Gasteiger charge is -2.35. The first-order chi connectivity index (χ1) is 12.0. The van der Waals surface area contributed by atoms with Crippen LogP contribution in [-0.2, 0) is 4.79 Å². The first-order valence-corrected chi connectivity index (χ1v) is 9.72. The molecule has 2 rings (SSSR count). The molecule has 1 amide bonds. The maximum Gasteiger partial charge on any atom is 0.261 e. The number of ether oxygens (including phenoxy) is 1. The Morgan fingerprint density at radius 3 is 2.60 bits per heavy atom. The van der Waals surface area contributed by atoms with Gasteiger partial charge in [-0.25, -0.2) is 0 Å². The molecular weight excluding hydrogens is 312 g/mol. The van der Waals surface area contributed by atoms with Crippen LogP contribution in [0.4, 0.5) is 0 Å². The van der Waals surface area contributed by atoms with Crippen molar-refractivity contribution >= 4 is 5.91 Å². The largest absolute Gasteiger partial charge is 0.480 e. The van der Waals surface area contributed by atoms with E-state index in [9.17, 15) is 4.79 Å². The van der Waals surface area contributed by atoms with Crippen LogP contribution in [0.3, 0.4) is 0 Å². The maximum absolute atomic E-state index is 12.4. The van der Waals surface area contributed by atoms with E-state index in [1.807, 2.05) is 38.1 Å². The van der Waals surface area contributed by atoms with Crippen molar-refractivity contribution in [1.29, 1.82) is 0 Å². The van der Waals surface area contributed by atoms with Gasteiger partial charge in [-0.2, -0.15) is 0 Å². The molecule has 3 atom stereocenters. The molecule has 4 heteroatoms. The van der Waals surface area contributed by atoms with E-state index in [0.717, 1.165) is 36.1 Å². The van der Waals surface area contributed by atoms with Crippen molar-refractivity contribution in [3.05, 3.63) is 29.8 Å². The summed E-state index contributed by atoms with van der Waals surface area (Å²) in [6.07, 6.45) is 2.57. The zero-order valence-corrected chi connectivity index (χ0v) is 16.3. The van der Waals surface area contributed by atoms with Gasteiger partial charge in [0, 0.05) is 19.6 Å². The Bertz CT molecular complexity index is 536. The smallest absolute Gasteiger partial charge is 0.261 e. The van der Waals surface area contributed by atoms with Gasteiger partial charge in [-0.05, 0) is 56.2 Å². The fourth-order valence-electron chi connectivity index (χ4n) is 3.77. The number of amides is 1. The molecule has 1 saturated heterocycles. The molecule has 25 heavy (non-hydrogen) atoms. The number of aryl methyl sites for hydroxylation is 1. The molecule has 0 unspecified atom stereocenters. The van der Waals surface area contributed by atoms with Crippen LogP contribution in [0.25, 0.3) is 0 Å². The van der Waals surface area contributed by atoms with Crippen molar-refractivity contribution in [2.24, 2.45) is 11.8 Å². The highest BCUT2D eigenvalue weighted by molar-refractivity contribution is 5.81. The minimum atomic E-state index is -0.420. The van der Waals surface area contributed by atoms with Gasteiger partial charge in [0.2, 0.25) is 0 Å². The van der Waals surface area contributed by atoms with E-state index in [1.165, 1.54) is 19.5 Å². The number of rotatable bonds is 8. The summed E-state index contributed by atoms with van der Waals surface area (Å²) in [6.45, 7) is 12.8. The summed E-state index contributed by atoms with van der Waals surface area (Å²) in [4.78, 5) is 14.9. The molecule has 1 aliphatic heterocycles. The van der Waals surface area contributed by atoms with Gasteiger partial charge in [0.1, 0.15) is 5.75 Å². The van der Waals surface area contributed by atoms with Crippen molar-refractivity contribution in [2.75, 3.05) is 26.2 Å². The number of nitrogens with one attached hydrogen (secondary N) is 1. The molecule has 1 fully saturated rings. The average molecular weight is 347 g/mol. The van der Waals surface area contributed by atoms with Crippen LogP contribution >= 0.6 is 0 Å². The highest BCUT2D eigenvalue weighted by Crippen LogP contribution is 2.21. The van der Waals surface area contributed by atoms with E-state index in [0.29, 0.717) is 13.0 Å². The molecule has 1 aliphatic rings. The van der Waals surface area contributed by atoms with E-state index < -0.39 is 6.10 Å². The van der Waals surface area contributed by atoms with Crippen LogP contribution in [0, 0.1) is 18.8 Å². The van der Waals surface area contributed by atoms with Crippen molar-refractivity contribution in [1.82, 2.24) is 10.2 Å². The zero-order valence-electron chi connectivity index (χ0n) is 16.3. The van der Waals surface area contributed by atoms with Gasteiger partial charge in [0.15, 0.2) is 6.10 Å². The predicted octanol–water partition coefficient (Wildman–Crippen LogP) is 3.64. The second-order valence-electron chi connectivity index (χ2n) is 7.63. The van der Waals surface area contributed by atoms with Gasteiger partial charge in [0.05, 0.1) is 0 Å². The third-order valence-electron chi connectivity index (χ3n) is 4.92. The van der Waals surface area contributed by atoms with Gasteiger partial charge in [0.25, 0.3) is 5.91 Å². The normalized spacial score (nSPS) is 22.4. The Balaban J connectivity index is 1.72. The zero-order chi connectivity index (χ0) is 18.2. The Kier molecular flexibility index (Phi) is 7.76. The van der Waals surface area contributed by atoms with E-state index in [-0.39, 0.29) is 5.91 Å². The third kappa shape index (κ3) is 6.35. The van der Waals surface area contributed by atoms with Gasteiger partial charge >= 0.3 is 0 Å². The number of carbonyl (C=O) groups excluding carboxylic acids is 1. The van der Waals surface area contributed by atoms with Gasteiger partial charge in [-0.1, -0.05) is 39.0 Å². The minimum Gasteiger partial charge on any atom is -0.480 e. The van der Waals surface area contributed by atoms with Crippen LogP contribution in [-0.4, -0.2) is 43.1 Å². The third-order valence-corrected chi connectivity index (χ3v) is 4.92. The number of para-hydroxylation sites is 1.